The molecule has 1 rings (SSSR count). The molecule has 12 heavy (non-hydrogen) atoms. The normalized spacial score (nSPS) is 38.7. The zero-order valence-corrected chi connectivity index (χ0v) is 6.12. The van der Waals surface area contributed by atoms with Gasteiger partial charge >= 0.3 is 0 Å². The highest BCUT2D eigenvalue weighted by atomic mass is 16.6. The highest BCUT2D eigenvalue weighted by molar-refractivity contribution is 5.89. The molecule has 0 bridgehead atoms. The number of carbonyl (C=O) groups is 1. The van der Waals surface area contributed by atoms with Crippen molar-refractivity contribution in [2.45, 2.75) is 24.6 Å². The number of ether oxygens (including phenoxy) is 1. The summed E-state index contributed by atoms with van der Waals surface area (Å²) < 4.78 is 4.48. The van der Waals surface area contributed by atoms with Crippen molar-refractivity contribution in [3.05, 3.63) is 0 Å². The predicted octanol–water partition coefficient (Wildman–Crippen LogP) is -3.01. The van der Waals surface area contributed by atoms with Crippen molar-refractivity contribution in [1.82, 2.24) is 0 Å². The molecule has 4 atom stereocenters. The number of aliphatic hydroxyl groups is 4. The Bertz CT molecular complexity index is 181. The van der Waals surface area contributed by atoms with Gasteiger partial charge in [-0.1, -0.05) is 0 Å². The lowest BCUT2D eigenvalue weighted by Crippen LogP contribution is -2.36. The first kappa shape index (κ1) is 9.56. The summed E-state index contributed by atoms with van der Waals surface area (Å²) >= 11 is 0. The van der Waals surface area contributed by atoms with Crippen LogP contribution in [0.3, 0.4) is 0 Å². The maximum Gasteiger partial charge on any atom is 0.197 e. The fourth-order valence-electron chi connectivity index (χ4n) is 0.977. The molecule has 0 aliphatic carbocycles. The summed E-state index contributed by atoms with van der Waals surface area (Å²) in [5.74, 6) is -0.816. The van der Waals surface area contributed by atoms with E-state index < -0.39 is 37.0 Å². The van der Waals surface area contributed by atoms with Crippen molar-refractivity contribution >= 4 is 5.78 Å². The fraction of sp³-hybridized carbons (Fsp3) is 0.833. The van der Waals surface area contributed by atoms with E-state index in [0.717, 1.165) is 0 Å². The minimum Gasteiger partial charge on any atom is -0.394 e. The number of ketones is 1. The van der Waals surface area contributed by atoms with Crippen molar-refractivity contribution in [2.75, 3.05) is 6.61 Å². The molecule has 1 aliphatic rings. The molecule has 0 aromatic heterocycles. The Morgan fingerprint density at radius 3 is 2.42 bits per heavy atom. The minimum atomic E-state index is -1.63. The second-order valence-electron chi connectivity index (χ2n) is 2.54. The third-order valence-electron chi connectivity index (χ3n) is 1.66. The lowest BCUT2D eigenvalue weighted by atomic mass is 10.1. The molecule has 0 radical (unpaired) electrons. The number of hydrogen-bond acceptors (Lipinski definition) is 6. The summed E-state index contributed by atoms with van der Waals surface area (Å²) in [4.78, 5) is 10.9. The van der Waals surface area contributed by atoms with Gasteiger partial charge in [-0.05, 0) is 0 Å². The molecule has 1 saturated heterocycles. The molecule has 6 nitrogen and oxygen atoms in total. The van der Waals surface area contributed by atoms with Crippen LogP contribution in [-0.2, 0) is 9.53 Å². The first-order valence-corrected chi connectivity index (χ1v) is 3.42. The van der Waals surface area contributed by atoms with Gasteiger partial charge in [0.25, 0.3) is 0 Å². The second-order valence-corrected chi connectivity index (χ2v) is 2.54. The van der Waals surface area contributed by atoms with Crippen molar-refractivity contribution < 1.29 is 30.0 Å². The van der Waals surface area contributed by atoms with Crippen LogP contribution < -0.4 is 0 Å². The molecule has 1 fully saturated rings. The molecule has 0 amide bonds. The van der Waals surface area contributed by atoms with Crippen LogP contribution in [-0.4, -0.2) is 57.4 Å². The molecular weight excluding hydrogens is 168 g/mol. The Morgan fingerprint density at radius 2 is 2.08 bits per heavy atom. The largest absolute Gasteiger partial charge is 0.394 e. The van der Waals surface area contributed by atoms with Crippen molar-refractivity contribution in [2.24, 2.45) is 0 Å². The van der Waals surface area contributed by atoms with Gasteiger partial charge in [-0.15, -0.1) is 0 Å². The third kappa shape index (κ3) is 1.47. The molecule has 4 N–H and O–H groups in total. The van der Waals surface area contributed by atoms with Crippen LogP contribution in [0.1, 0.15) is 0 Å². The zero-order valence-electron chi connectivity index (χ0n) is 6.12. The molecule has 0 saturated carbocycles. The van der Waals surface area contributed by atoms with Gasteiger partial charge < -0.3 is 25.2 Å². The fourth-order valence-corrected chi connectivity index (χ4v) is 0.977. The van der Waals surface area contributed by atoms with E-state index in [1.54, 1.807) is 0 Å². The Hall–Kier alpha value is -0.530. The summed E-state index contributed by atoms with van der Waals surface area (Å²) in [6.45, 7) is -0.657. The summed E-state index contributed by atoms with van der Waals surface area (Å²) in [5.41, 5.74) is 0. The molecule has 70 valence electrons. The van der Waals surface area contributed by atoms with Crippen LogP contribution in [0.15, 0.2) is 0 Å². The Morgan fingerprint density at radius 1 is 1.50 bits per heavy atom. The smallest absolute Gasteiger partial charge is 0.197 e. The van der Waals surface area contributed by atoms with E-state index in [9.17, 15) is 4.79 Å². The minimum absolute atomic E-state index is 0.657. The van der Waals surface area contributed by atoms with E-state index in [1.807, 2.05) is 0 Å². The molecule has 1 heterocycles. The van der Waals surface area contributed by atoms with Crippen molar-refractivity contribution in [3.8, 4) is 0 Å². The van der Waals surface area contributed by atoms with Crippen LogP contribution in [0.2, 0.25) is 0 Å². The summed E-state index contributed by atoms with van der Waals surface area (Å²) in [7, 11) is 0. The van der Waals surface area contributed by atoms with E-state index in [0.29, 0.717) is 0 Å². The molecule has 1 aliphatic heterocycles. The highest BCUT2D eigenvalue weighted by Gasteiger charge is 2.44. The number of hydrogen-bond donors (Lipinski definition) is 4. The van der Waals surface area contributed by atoms with E-state index >= 15 is 0 Å². The number of aliphatic hydroxyl groups excluding tert-OH is 4. The third-order valence-corrected chi connectivity index (χ3v) is 1.66. The predicted molar refractivity (Wildman–Crippen MR) is 35.0 cm³/mol. The van der Waals surface area contributed by atoms with E-state index in [1.165, 1.54) is 0 Å². The SMILES string of the molecule is O=C1[C@@H](O)C(O)O[C@H]1[C@H](O)CO. The van der Waals surface area contributed by atoms with Crippen LogP contribution in [0.25, 0.3) is 0 Å². The molecular formula is C6H10O6. The van der Waals surface area contributed by atoms with Gasteiger partial charge in [0.1, 0.15) is 12.2 Å². The van der Waals surface area contributed by atoms with Gasteiger partial charge in [0, 0.05) is 0 Å². The molecule has 0 aromatic carbocycles. The average molecular weight is 178 g/mol. The van der Waals surface area contributed by atoms with Gasteiger partial charge in [0.05, 0.1) is 6.61 Å². The average Bonchev–Trinajstić information content (AvgIpc) is 2.32. The molecule has 1 unspecified atom stereocenters. The van der Waals surface area contributed by atoms with Crippen LogP contribution in [0.4, 0.5) is 0 Å². The lowest BCUT2D eigenvalue weighted by molar-refractivity contribution is -0.150. The Kier molecular flexibility index (Phi) is 2.76. The topological polar surface area (TPSA) is 107 Å². The standard InChI is InChI=1S/C6H10O6/c7-1-2(8)5-3(9)4(10)6(11)12-5/h2,4-8,10-11H,1H2/t2-,4-,5+,6?/m1/s1. The Labute approximate surface area is 68.0 Å². The first-order chi connectivity index (χ1) is 5.57. The van der Waals surface area contributed by atoms with Crippen LogP contribution in [0, 0.1) is 0 Å². The highest BCUT2D eigenvalue weighted by Crippen LogP contribution is 2.17. The quantitative estimate of drug-likeness (QED) is 0.358. The summed E-state index contributed by atoms with van der Waals surface area (Å²) in [6.07, 6.45) is -5.97. The number of rotatable bonds is 2. The second kappa shape index (κ2) is 3.46. The van der Waals surface area contributed by atoms with Crippen LogP contribution in [0.5, 0.6) is 0 Å². The van der Waals surface area contributed by atoms with Gasteiger partial charge in [-0.25, -0.2) is 0 Å². The van der Waals surface area contributed by atoms with Gasteiger partial charge in [-0.2, -0.15) is 0 Å². The summed E-state index contributed by atoms with van der Waals surface area (Å²) in [5, 5.41) is 35.0. The van der Waals surface area contributed by atoms with E-state index in [2.05, 4.69) is 4.74 Å². The molecule has 0 spiro atoms. The van der Waals surface area contributed by atoms with Crippen molar-refractivity contribution in [3.63, 3.8) is 0 Å². The van der Waals surface area contributed by atoms with E-state index in [-0.39, 0.29) is 0 Å². The van der Waals surface area contributed by atoms with E-state index in [4.69, 9.17) is 20.4 Å². The molecule has 6 heteroatoms. The first-order valence-electron chi connectivity index (χ1n) is 3.42. The number of carbonyl (C=O) groups excluding carboxylic acids is 1. The lowest BCUT2D eigenvalue weighted by Gasteiger charge is -2.12. The monoisotopic (exact) mass is 178 g/mol. The maximum absolute atomic E-state index is 10.9. The van der Waals surface area contributed by atoms with Crippen LogP contribution >= 0.6 is 0 Å². The van der Waals surface area contributed by atoms with Gasteiger partial charge in [0.2, 0.25) is 0 Å². The number of Topliss-reactive ketones (excluding diaryl/α,β-unsaturated/α-hetero) is 1. The maximum atomic E-state index is 10.9. The van der Waals surface area contributed by atoms with Gasteiger partial charge in [-0.3, -0.25) is 4.79 Å². The Balaban J connectivity index is 2.64. The van der Waals surface area contributed by atoms with Crippen molar-refractivity contribution in [1.29, 1.82) is 0 Å². The molecule has 0 aromatic rings. The summed E-state index contributed by atoms with van der Waals surface area (Å²) in [6, 6.07) is 0. The zero-order chi connectivity index (χ0) is 9.30. The van der Waals surface area contributed by atoms with Gasteiger partial charge in [0.15, 0.2) is 18.2 Å².